The number of halogens is 1. The highest BCUT2D eigenvalue weighted by Gasteiger charge is 2.36. The van der Waals surface area contributed by atoms with Crippen molar-refractivity contribution in [2.24, 2.45) is 5.92 Å². The molecule has 1 saturated heterocycles. The summed E-state index contributed by atoms with van der Waals surface area (Å²) < 4.78 is 26.3. The van der Waals surface area contributed by atoms with Crippen LogP contribution in [0.1, 0.15) is 44.6 Å². The molecule has 10 heteroatoms. The average molecular weight is 538 g/mol. The lowest BCUT2D eigenvalue weighted by atomic mass is 9.87. The topological polar surface area (TPSA) is 122 Å². The molecular weight excluding hydrogens is 505 g/mol. The summed E-state index contributed by atoms with van der Waals surface area (Å²) in [4.78, 5) is 41.8. The zero-order valence-corrected chi connectivity index (χ0v) is 21.8. The maximum atomic E-state index is 14.3. The minimum atomic E-state index is -1.10. The van der Waals surface area contributed by atoms with E-state index in [0.717, 1.165) is 5.56 Å². The second kappa shape index (κ2) is 11.5. The van der Waals surface area contributed by atoms with Crippen molar-refractivity contribution in [2.45, 2.75) is 63.8 Å². The van der Waals surface area contributed by atoms with Crippen molar-refractivity contribution in [3.05, 3.63) is 48.0 Å². The number of hydrogen-bond donors (Lipinski definition) is 2. The molecule has 2 heterocycles. The van der Waals surface area contributed by atoms with E-state index in [1.807, 2.05) is 12.1 Å². The summed E-state index contributed by atoms with van der Waals surface area (Å²) >= 11 is 0. The second-order valence-corrected chi connectivity index (χ2v) is 10.4. The van der Waals surface area contributed by atoms with Gasteiger partial charge in [-0.15, -0.1) is 0 Å². The molecule has 2 N–H and O–H groups in total. The van der Waals surface area contributed by atoms with Gasteiger partial charge in [-0.25, -0.2) is 9.37 Å². The number of rotatable bonds is 8. The number of carbonyl (C=O) groups excluding carboxylic acids is 2. The summed E-state index contributed by atoms with van der Waals surface area (Å²) in [5.41, 5.74) is 3.25. The van der Waals surface area contributed by atoms with E-state index in [0.29, 0.717) is 53.9 Å². The van der Waals surface area contributed by atoms with Crippen LogP contribution in [-0.4, -0.2) is 64.2 Å². The summed E-state index contributed by atoms with van der Waals surface area (Å²) in [7, 11) is 0. The Bertz CT molecular complexity index is 1370. The number of benzene rings is 2. The van der Waals surface area contributed by atoms with E-state index < -0.39 is 12.1 Å². The highest BCUT2D eigenvalue weighted by atomic mass is 19.1. The summed E-state index contributed by atoms with van der Waals surface area (Å²) in [6, 6.07) is 12.2. The number of carboxylic acid groups (broad SMARTS) is 1. The molecule has 2 aliphatic rings. The Morgan fingerprint density at radius 1 is 1.15 bits per heavy atom. The van der Waals surface area contributed by atoms with E-state index in [1.165, 1.54) is 6.92 Å². The van der Waals surface area contributed by atoms with Gasteiger partial charge < -0.3 is 24.5 Å². The van der Waals surface area contributed by atoms with Gasteiger partial charge in [0, 0.05) is 24.6 Å². The first-order chi connectivity index (χ1) is 18.7. The number of ether oxygens (including phenoxy) is 1. The maximum Gasteiger partial charge on any atom is 0.306 e. The van der Waals surface area contributed by atoms with Gasteiger partial charge in [0.2, 0.25) is 17.7 Å². The highest BCUT2D eigenvalue weighted by Crippen LogP contribution is 2.30. The third-order valence-electron chi connectivity index (χ3n) is 7.47. The maximum absolute atomic E-state index is 14.3. The Labute approximate surface area is 225 Å². The number of nitrogens with one attached hydrogen (secondary N) is 1. The molecule has 1 aliphatic heterocycles. The molecule has 0 radical (unpaired) electrons. The SMILES string of the molecule is CC(=O)Nc1cccc(-c2nc3ccc(CC(=O)N4CC(F)C[C@H]4COC4CCC(C(=O)O)CC4)cc3o2)c1. The zero-order chi connectivity index (χ0) is 27.5. The van der Waals surface area contributed by atoms with E-state index in [9.17, 15) is 23.9 Å². The van der Waals surface area contributed by atoms with Crippen LogP contribution in [0.5, 0.6) is 0 Å². The van der Waals surface area contributed by atoms with Crippen LogP contribution in [-0.2, 0) is 25.5 Å². The number of likely N-dealkylation sites (tertiary alicyclic amines) is 1. The molecule has 5 rings (SSSR count). The number of anilines is 1. The lowest BCUT2D eigenvalue weighted by molar-refractivity contribution is -0.144. The van der Waals surface area contributed by atoms with Gasteiger partial charge in [0.25, 0.3) is 0 Å². The van der Waals surface area contributed by atoms with Crippen molar-refractivity contribution in [3.8, 4) is 11.5 Å². The number of carboxylic acids is 1. The van der Waals surface area contributed by atoms with Crippen molar-refractivity contribution >= 4 is 34.6 Å². The third-order valence-corrected chi connectivity index (χ3v) is 7.47. The number of amides is 2. The highest BCUT2D eigenvalue weighted by molar-refractivity contribution is 5.89. The van der Waals surface area contributed by atoms with Crippen LogP contribution in [0.2, 0.25) is 0 Å². The molecule has 39 heavy (non-hydrogen) atoms. The minimum Gasteiger partial charge on any atom is -0.481 e. The molecule has 1 aliphatic carbocycles. The number of hydrogen-bond acceptors (Lipinski definition) is 6. The normalized spacial score (nSPS) is 23.2. The summed E-state index contributed by atoms with van der Waals surface area (Å²) in [6.07, 6.45) is 1.64. The fraction of sp³-hybridized carbons (Fsp3) is 0.448. The third kappa shape index (κ3) is 6.44. The number of aromatic nitrogens is 1. The fourth-order valence-electron chi connectivity index (χ4n) is 5.46. The molecule has 2 fully saturated rings. The summed E-state index contributed by atoms with van der Waals surface area (Å²) in [5.74, 6) is -1.04. The number of oxazole rings is 1. The molecule has 1 aromatic heterocycles. The van der Waals surface area contributed by atoms with E-state index in [4.69, 9.17) is 9.15 Å². The van der Waals surface area contributed by atoms with Gasteiger partial charge in [0.1, 0.15) is 11.7 Å². The quantitative estimate of drug-likeness (QED) is 0.431. The smallest absolute Gasteiger partial charge is 0.306 e. The number of fused-ring (bicyclic) bond motifs is 1. The Kier molecular flexibility index (Phi) is 7.92. The molecule has 2 atom stereocenters. The van der Waals surface area contributed by atoms with Gasteiger partial charge >= 0.3 is 5.97 Å². The van der Waals surface area contributed by atoms with Crippen LogP contribution < -0.4 is 5.32 Å². The van der Waals surface area contributed by atoms with Crippen LogP contribution in [0.4, 0.5) is 10.1 Å². The fourth-order valence-corrected chi connectivity index (χ4v) is 5.46. The molecule has 2 amide bonds. The van der Waals surface area contributed by atoms with Crippen molar-refractivity contribution in [3.63, 3.8) is 0 Å². The molecule has 1 unspecified atom stereocenters. The predicted molar refractivity (Wildman–Crippen MR) is 142 cm³/mol. The van der Waals surface area contributed by atoms with Crippen LogP contribution >= 0.6 is 0 Å². The Hall–Kier alpha value is -3.79. The number of alkyl halides is 1. The number of aliphatic carboxylic acids is 1. The zero-order valence-electron chi connectivity index (χ0n) is 21.8. The van der Waals surface area contributed by atoms with Gasteiger partial charge in [-0.05, 0) is 61.6 Å². The van der Waals surface area contributed by atoms with Gasteiger partial charge in [-0.3, -0.25) is 14.4 Å². The summed E-state index contributed by atoms with van der Waals surface area (Å²) in [5, 5.41) is 11.9. The first kappa shape index (κ1) is 26.8. The van der Waals surface area contributed by atoms with Crippen LogP contribution in [0.3, 0.4) is 0 Å². The first-order valence-corrected chi connectivity index (χ1v) is 13.3. The molecule has 0 spiro atoms. The van der Waals surface area contributed by atoms with Crippen LogP contribution in [0.25, 0.3) is 22.6 Å². The van der Waals surface area contributed by atoms with Crippen molar-refractivity contribution < 1.29 is 33.0 Å². The van der Waals surface area contributed by atoms with Gasteiger partial charge in [0.15, 0.2) is 5.58 Å². The molecule has 3 aromatic rings. The van der Waals surface area contributed by atoms with Crippen molar-refractivity contribution in [1.82, 2.24) is 9.88 Å². The molecule has 0 bridgehead atoms. The average Bonchev–Trinajstić information content (AvgIpc) is 3.50. The molecule has 1 saturated carbocycles. The Morgan fingerprint density at radius 2 is 1.95 bits per heavy atom. The molecular formula is C29H32FN3O6. The van der Waals surface area contributed by atoms with Crippen LogP contribution in [0.15, 0.2) is 46.9 Å². The minimum absolute atomic E-state index is 0.0396. The lowest BCUT2D eigenvalue weighted by Crippen LogP contribution is -2.40. The monoisotopic (exact) mass is 537 g/mol. The van der Waals surface area contributed by atoms with E-state index in [-0.39, 0.29) is 55.9 Å². The molecule has 206 valence electrons. The summed E-state index contributed by atoms with van der Waals surface area (Å²) in [6.45, 7) is 1.73. The van der Waals surface area contributed by atoms with Gasteiger partial charge in [-0.1, -0.05) is 12.1 Å². The molecule has 9 nitrogen and oxygen atoms in total. The largest absolute Gasteiger partial charge is 0.481 e. The van der Waals surface area contributed by atoms with E-state index in [1.54, 1.807) is 35.2 Å². The second-order valence-electron chi connectivity index (χ2n) is 10.4. The predicted octanol–water partition coefficient (Wildman–Crippen LogP) is 4.59. The lowest BCUT2D eigenvalue weighted by Gasteiger charge is -2.29. The van der Waals surface area contributed by atoms with Crippen molar-refractivity contribution in [1.29, 1.82) is 0 Å². The molecule has 2 aromatic carbocycles. The Morgan fingerprint density at radius 3 is 2.69 bits per heavy atom. The van der Waals surface area contributed by atoms with Crippen LogP contribution in [0, 0.1) is 5.92 Å². The Balaban J connectivity index is 1.22. The van der Waals surface area contributed by atoms with E-state index >= 15 is 0 Å². The first-order valence-electron chi connectivity index (χ1n) is 13.3. The number of nitrogens with zero attached hydrogens (tertiary/aromatic N) is 2. The van der Waals surface area contributed by atoms with Crippen molar-refractivity contribution in [2.75, 3.05) is 18.5 Å². The standard InChI is InChI=1S/C29H32FN3O6/c1-17(34)31-22-4-2-3-20(13-22)28-32-25-10-5-18(11-26(25)39-28)12-27(35)33-15-21(30)14-23(33)16-38-24-8-6-19(7-9-24)29(36)37/h2-5,10-11,13,19,21,23-24H,6-9,12,14-16H2,1H3,(H,31,34)(H,36,37)/t19?,21?,23-,24?/m0/s1. The van der Waals surface area contributed by atoms with E-state index in [2.05, 4.69) is 10.3 Å². The number of carbonyl (C=O) groups is 3. The van der Waals surface area contributed by atoms with Gasteiger partial charge in [0.05, 0.1) is 37.6 Å². The van der Waals surface area contributed by atoms with Gasteiger partial charge in [-0.2, -0.15) is 0 Å².